The lowest BCUT2D eigenvalue weighted by atomic mass is 9.94. The molecule has 0 spiro atoms. The summed E-state index contributed by atoms with van der Waals surface area (Å²) in [5, 5.41) is 8.57. The highest BCUT2D eigenvalue weighted by atomic mass is 16.6. The second-order valence-electron chi connectivity index (χ2n) is 9.52. The first-order chi connectivity index (χ1) is 15.6. The predicted molar refractivity (Wildman–Crippen MR) is 123 cm³/mol. The Bertz CT molecular complexity index is 912. The molecule has 9 heteroatoms. The number of amides is 3. The fourth-order valence-electron chi connectivity index (χ4n) is 4.04. The minimum Gasteiger partial charge on any atom is -0.466 e. The van der Waals surface area contributed by atoms with Gasteiger partial charge in [-0.3, -0.25) is 4.90 Å². The van der Waals surface area contributed by atoms with E-state index in [9.17, 15) is 14.4 Å². The number of carbonyl (C=O) groups is 3. The van der Waals surface area contributed by atoms with E-state index in [1.807, 2.05) is 52.0 Å². The highest BCUT2D eigenvalue weighted by Crippen LogP contribution is 2.28. The number of esters is 1. The quantitative estimate of drug-likeness (QED) is 0.586. The van der Waals surface area contributed by atoms with Crippen LogP contribution in [0.3, 0.4) is 0 Å². The third-order valence-corrected chi connectivity index (χ3v) is 5.66. The van der Waals surface area contributed by atoms with Crippen molar-refractivity contribution in [1.29, 1.82) is 0 Å². The maximum Gasteiger partial charge on any atom is 0.407 e. The van der Waals surface area contributed by atoms with Crippen LogP contribution < -0.4 is 16.0 Å². The molecule has 1 atom stereocenters. The average molecular weight is 459 g/mol. The fourth-order valence-corrected chi connectivity index (χ4v) is 4.04. The summed E-state index contributed by atoms with van der Waals surface area (Å²) in [4.78, 5) is 39.3. The van der Waals surface area contributed by atoms with Crippen molar-refractivity contribution in [2.24, 2.45) is 0 Å². The highest BCUT2D eigenvalue weighted by Gasteiger charge is 2.34. The monoisotopic (exact) mass is 458 g/mol. The maximum atomic E-state index is 12.7. The normalized spacial score (nSPS) is 20.0. The van der Waals surface area contributed by atoms with Crippen LogP contribution in [0.25, 0.3) is 0 Å². The van der Waals surface area contributed by atoms with Gasteiger partial charge in [0.15, 0.2) is 0 Å². The summed E-state index contributed by atoms with van der Waals surface area (Å²) >= 11 is 0. The van der Waals surface area contributed by atoms with E-state index < -0.39 is 23.7 Å². The third kappa shape index (κ3) is 6.71. The van der Waals surface area contributed by atoms with Crippen molar-refractivity contribution in [2.45, 2.75) is 58.2 Å². The molecule has 3 rings (SSSR count). The molecule has 1 aromatic rings. The van der Waals surface area contributed by atoms with Gasteiger partial charge >= 0.3 is 18.1 Å². The number of carbonyl (C=O) groups excluding carboxylic acids is 3. The Morgan fingerprint density at radius 2 is 1.79 bits per heavy atom. The molecule has 0 bridgehead atoms. The number of rotatable bonds is 5. The molecular formula is C24H34N4O5. The zero-order valence-corrected chi connectivity index (χ0v) is 20.0. The molecule has 0 radical (unpaired) electrons. The number of urea groups is 1. The van der Waals surface area contributed by atoms with E-state index in [0.29, 0.717) is 30.9 Å². The molecule has 180 valence electrons. The molecule has 0 aromatic heterocycles. The van der Waals surface area contributed by atoms with Crippen LogP contribution in [0.2, 0.25) is 0 Å². The molecule has 9 nitrogen and oxygen atoms in total. The van der Waals surface area contributed by atoms with Crippen LogP contribution in [-0.4, -0.2) is 61.4 Å². The van der Waals surface area contributed by atoms with Crippen molar-refractivity contribution in [3.8, 4) is 0 Å². The van der Waals surface area contributed by atoms with Crippen molar-refractivity contribution < 1.29 is 23.9 Å². The molecule has 1 aromatic carbocycles. The number of benzene rings is 1. The molecule has 1 fully saturated rings. The molecule has 1 saturated heterocycles. The summed E-state index contributed by atoms with van der Waals surface area (Å²) in [6, 6.07) is 6.77. The van der Waals surface area contributed by atoms with Crippen LogP contribution in [0.1, 0.15) is 50.8 Å². The lowest BCUT2D eigenvalue weighted by molar-refractivity contribution is -0.136. The standard InChI is InChI=1S/C24H34N4O5/c1-15-6-8-16(9-7-15)20-19(21(29)32-5)18(26-22(30)27-20)14-28-12-10-17(11-13-28)25-23(31)33-24(2,3)4/h6-9,17,20H,10-14H2,1-5H3,(H,25,31)(H2,26,27,30)/t20-/m1/s1. The second kappa shape index (κ2) is 10.2. The number of alkyl carbamates (subject to hydrolysis) is 1. The summed E-state index contributed by atoms with van der Waals surface area (Å²) in [7, 11) is 1.34. The van der Waals surface area contributed by atoms with Gasteiger partial charge in [0.2, 0.25) is 0 Å². The minimum atomic E-state index is -0.590. The summed E-state index contributed by atoms with van der Waals surface area (Å²) in [5.74, 6) is -0.482. The van der Waals surface area contributed by atoms with Gasteiger partial charge in [-0.15, -0.1) is 0 Å². The van der Waals surface area contributed by atoms with Crippen molar-refractivity contribution in [2.75, 3.05) is 26.7 Å². The number of aryl methyl sites for hydroxylation is 1. The molecule has 2 aliphatic heterocycles. The first-order valence-electron chi connectivity index (χ1n) is 11.2. The highest BCUT2D eigenvalue weighted by molar-refractivity contribution is 5.95. The zero-order valence-electron chi connectivity index (χ0n) is 20.0. The molecule has 3 N–H and O–H groups in total. The summed E-state index contributed by atoms with van der Waals surface area (Å²) in [5.41, 5.74) is 2.30. The smallest absolute Gasteiger partial charge is 0.407 e. The van der Waals surface area contributed by atoms with Gasteiger partial charge in [0.1, 0.15) is 5.60 Å². The van der Waals surface area contributed by atoms with Gasteiger partial charge in [-0.05, 0) is 46.1 Å². The number of likely N-dealkylation sites (tertiary alicyclic amines) is 1. The van der Waals surface area contributed by atoms with Crippen LogP contribution in [0.15, 0.2) is 35.5 Å². The number of methoxy groups -OCH3 is 1. The van der Waals surface area contributed by atoms with Crippen molar-refractivity contribution in [3.63, 3.8) is 0 Å². The lowest BCUT2D eigenvalue weighted by Gasteiger charge is -2.35. The minimum absolute atomic E-state index is 0.0214. The molecule has 3 amide bonds. The third-order valence-electron chi connectivity index (χ3n) is 5.66. The number of ether oxygens (including phenoxy) is 2. The van der Waals surface area contributed by atoms with Gasteiger partial charge in [0, 0.05) is 31.4 Å². The predicted octanol–water partition coefficient (Wildman–Crippen LogP) is 2.77. The van der Waals surface area contributed by atoms with E-state index in [4.69, 9.17) is 9.47 Å². The van der Waals surface area contributed by atoms with Gasteiger partial charge < -0.3 is 25.4 Å². The summed E-state index contributed by atoms with van der Waals surface area (Å²) < 4.78 is 10.4. The van der Waals surface area contributed by atoms with E-state index in [0.717, 1.165) is 24.0 Å². The number of hydrogen-bond donors (Lipinski definition) is 3. The van der Waals surface area contributed by atoms with E-state index in [1.54, 1.807) is 0 Å². The van der Waals surface area contributed by atoms with Crippen LogP contribution >= 0.6 is 0 Å². The lowest BCUT2D eigenvalue weighted by Crippen LogP contribution is -2.50. The Hall–Kier alpha value is -3.07. The van der Waals surface area contributed by atoms with Crippen LogP contribution in [0, 0.1) is 6.92 Å². The van der Waals surface area contributed by atoms with Gasteiger partial charge in [0.25, 0.3) is 0 Å². The molecule has 0 unspecified atom stereocenters. The molecule has 0 aliphatic carbocycles. The Balaban J connectivity index is 1.71. The van der Waals surface area contributed by atoms with E-state index in [-0.39, 0.29) is 12.1 Å². The van der Waals surface area contributed by atoms with Crippen LogP contribution in [0.5, 0.6) is 0 Å². The SMILES string of the molecule is COC(=O)C1=C(CN2CCC(NC(=O)OC(C)(C)C)CC2)NC(=O)N[C@@H]1c1ccc(C)cc1. The number of hydrogen-bond acceptors (Lipinski definition) is 6. The number of nitrogens with zero attached hydrogens (tertiary/aromatic N) is 1. The van der Waals surface area contributed by atoms with E-state index in [1.165, 1.54) is 7.11 Å². The zero-order chi connectivity index (χ0) is 24.2. The summed E-state index contributed by atoms with van der Waals surface area (Å²) in [6.07, 6.45) is 1.07. The van der Waals surface area contributed by atoms with Crippen molar-refractivity contribution >= 4 is 18.1 Å². The van der Waals surface area contributed by atoms with Crippen LogP contribution in [0.4, 0.5) is 9.59 Å². The fraction of sp³-hybridized carbons (Fsp3) is 0.542. The largest absolute Gasteiger partial charge is 0.466 e. The Kier molecular flexibility index (Phi) is 7.63. The van der Waals surface area contributed by atoms with Gasteiger partial charge in [-0.2, -0.15) is 0 Å². The van der Waals surface area contributed by atoms with Crippen LogP contribution in [-0.2, 0) is 14.3 Å². The summed E-state index contributed by atoms with van der Waals surface area (Å²) in [6.45, 7) is 9.29. The second-order valence-corrected chi connectivity index (χ2v) is 9.52. The van der Waals surface area contributed by atoms with Crippen molar-refractivity contribution in [1.82, 2.24) is 20.9 Å². The van der Waals surface area contributed by atoms with Gasteiger partial charge in [-0.1, -0.05) is 29.8 Å². The Morgan fingerprint density at radius 3 is 2.36 bits per heavy atom. The molecule has 0 saturated carbocycles. The molecule has 2 heterocycles. The van der Waals surface area contributed by atoms with E-state index >= 15 is 0 Å². The topological polar surface area (TPSA) is 109 Å². The molecule has 33 heavy (non-hydrogen) atoms. The number of piperidine rings is 1. The van der Waals surface area contributed by atoms with Gasteiger partial charge in [-0.25, -0.2) is 14.4 Å². The number of nitrogens with one attached hydrogen (secondary N) is 3. The Labute approximate surface area is 194 Å². The molecule has 2 aliphatic rings. The van der Waals surface area contributed by atoms with Crippen molar-refractivity contribution in [3.05, 3.63) is 46.7 Å². The van der Waals surface area contributed by atoms with E-state index in [2.05, 4.69) is 20.9 Å². The Morgan fingerprint density at radius 1 is 1.15 bits per heavy atom. The first-order valence-corrected chi connectivity index (χ1v) is 11.2. The maximum absolute atomic E-state index is 12.7. The average Bonchev–Trinajstić information content (AvgIpc) is 2.73. The molecular weight excluding hydrogens is 424 g/mol. The van der Waals surface area contributed by atoms with Gasteiger partial charge in [0.05, 0.1) is 18.7 Å². The first kappa shape index (κ1) is 24.6.